The molecule has 0 spiro atoms. The third-order valence-corrected chi connectivity index (χ3v) is 6.12. The molecule has 0 unspecified atom stereocenters. The predicted molar refractivity (Wildman–Crippen MR) is 67.8 cm³/mol. The van der Waals surface area contributed by atoms with Crippen molar-refractivity contribution >= 4 is 18.0 Å². The van der Waals surface area contributed by atoms with E-state index in [1.165, 1.54) is 25.2 Å². The highest BCUT2D eigenvalue weighted by atomic mass is 32.2. The Bertz CT molecular complexity index is 233. The highest BCUT2D eigenvalue weighted by Gasteiger charge is 2.07. The maximum absolute atomic E-state index is 10.5. The summed E-state index contributed by atoms with van der Waals surface area (Å²) < 4.78 is 29.5. The second kappa shape index (κ2) is 8.49. The van der Waals surface area contributed by atoms with Crippen molar-refractivity contribution in [2.45, 2.75) is 39.5 Å². The molecule has 0 aliphatic heterocycles. The van der Waals surface area contributed by atoms with Gasteiger partial charge in [0.1, 0.15) is 0 Å². The highest BCUT2D eigenvalue weighted by Crippen LogP contribution is 2.37. The van der Waals surface area contributed by atoms with Crippen molar-refractivity contribution < 1.29 is 13.0 Å². The van der Waals surface area contributed by atoms with Crippen molar-refractivity contribution in [2.75, 3.05) is 24.2 Å². The van der Waals surface area contributed by atoms with Gasteiger partial charge in [0, 0.05) is 0 Å². The van der Waals surface area contributed by atoms with Crippen molar-refractivity contribution in [3.8, 4) is 0 Å². The SMILES string of the molecule is CCCP(CCC)CCCCS(=O)(=O)O. The molecule has 15 heavy (non-hydrogen) atoms. The van der Waals surface area contributed by atoms with Gasteiger partial charge in [0.25, 0.3) is 10.1 Å². The van der Waals surface area contributed by atoms with Crippen LogP contribution in [-0.2, 0) is 10.1 Å². The third kappa shape index (κ3) is 10.6. The maximum Gasteiger partial charge on any atom is 0.264 e. The summed E-state index contributed by atoms with van der Waals surface area (Å²) in [7, 11) is -3.62. The van der Waals surface area contributed by atoms with Gasteiger partial charge in [0.15, 0.2) is 0 Å². The molecule has 0 aromatic carbocycles. The normalized spacial score (nSPS) is 12.3. The molecular formula is C10H23O3PS. The highest BCUT2D eigenvalue weighted by molar-refractivity contribution is 7.85. The van der Waals surface area contributed by atoms with Crippen molar-refractivity contribution in [3.05, 3.63) is 0 Å². The van der Waals surface area contributed by atoms with Crippen LogP contribution in [0.2, 0.25) is 0 Å². The quantitative estimate of drug-likeness (QED) is 0.391. The summed E-state index contributed by atoms with van der Waals surface area (Å²) in [6.07, 6.45) is 7.75. The fraction of sp³-hybridized carbons (Fsp3) is 1.00. The molecule has 0 aromatic rings. The number of hydrogen-bond donors (Lipinski definition) is 1. The fourth-order valence-corrected chi connectivity index (χ4v) is 4.76. The lowest BCUT2D eigenvalue weighted by Gasteiger charge is -2.15. The molecule has 3 nitrogen and oxygen atoms in total. The van der Waals surface area contributed by atoms with Crippen LogP contribution in [0.15, 0.2) is 0 Å². The molecule has 92 valence electrons. The van der Waals surface area contributed by atoms with E-state index in [-0.39, 0.29) is 13.7 Å². The Hall–Kier alpha value is 0.340. The van der Waals surface area contributed by atoms with E-state index in [9.17, 15) is 8.42 Å². The summed E-state index contributed by atoms with van der Waals surface area (Å²) in [6.45, 7) is 4.40. The Morgan fingerprint density at radius 3 is 1.93 bits per heavy atom. The van der Waals surface area contributed by atoms with E-state index >= 15 is 0 Å². The van der Waals surface area contributed by atoms with Crippen LogP contribution in [0.3, 0.4) is 0 Å². The molecule has 0 aromatic heterocycles. The van der Waals surface area contributed by atoms with Crippen LogP contribution in [0.1, 0.15) is 39.5 Å². The van der Waals surface area contributed by atoms with E-state index in [1.807, 2.05) is 0 Å². The first-order chi connectivity index (χ1) is 6.99. The van der Waals surface area contributed by atoms with Crippen molar-refractivity contribution in [2.24, 2.45) is 0 Å². The Morgan fingerprint density at radius 1 is 1.00 bits per heavy atom. The van der Waals surface area contributed by atoms with Gasteiger partial charge < -0.3 is 0 Å². The van der Waals surface area contributed by atoms with Gasteiger partial charge in [-0.3, -0.25) is 4.55 Å². The molecule has 0 bridgehead atoms. The van der Waals surface area contributed by atoms with Gasteiger partial charge in [0.05, 0.1) is 5.75 Å². The molecule has 0 radical (unpaired) electrons. The lowest BCUT2D eigenvalue weighted by Crippen LogP contribution is -2.04. The van der Waals surface area contributed by atoms with Crippen molar-refractivity contribution in [3.63, 3.8) is 0 Å². The molecule has 1 N–H and O–H groups in total. The summed E-state index contributed by atoms with van der Waals surface area (Å²) in [5.74, 6) is -0.0750. The zero-order valence-corrected chi connectivity index (χ0v) is 11.5. The lowest BCUT2D eigenvalue weighted by molar-refractivity contribution is 0.481. The van der Waals surface area contributed by atoms with Gasteiger partial charge in [-0.05, 0) is 31.3 Å². The minimum Gasteiger partial charge on any atom is -0.286 e. The van der Waals surface area contributed by atoms with Crippen LogP contribution in [0, 0.1) is 0 Å². The Balaban J connectivity index is 3.61. The minimum absolute atomic E-state index is 0.0750. The van der Waals surface area contributed by atoms with Gasteiger partial charge in [-0.2, -0.15) is 8.42 Å². The molecule has 0 atom stereocenters. The molecule has 0 rings (SSSR count). The predicted octanol–water partition coefficient (Wildman–Crippen LogP) is 2.96. The van der Waals surface area contributed by atoms with Crippen LogP contribution < -0.4 is 0 Å². The zero-order chi connectivity index (χ0) is 11.7. The van der Waals surface area contributed by atoms with E-state index in [1.54, 1.807) is 0 Å². The second-order valence-corrected chi connectivity index (χ2v) is 8.09. The van der Waals surface area contributed by atoms with Gasteiger partial charge >= 0.3 is 0 Å². The van der Waals surface area contributed by atoms with Gasteiger partial charge in [-0.25, -0.2) is 0 Å². The summed E-state index contributed by atoms with van der Waals surface area (Å²) in [5.41, 5.74) is 0. The van der Waals surface area contributed by atoms with Crippen LogP contribution in [0.5, 0.6) is 0 Å². The maximum atomic E-state index is 10.5. The largest absolute Gasteiger partial charge is 0.286 e. The first-order valence-corrected chi connectivity index (χ1v) is 9.17. The Labute approximate surface area is 95.2 Å². The first-order valence-electron chi connectivity index (χ1n) is 5.67. The van der Waals surface area contributed by atoms with Crippen LogP contribution in [-0.4, -0.2) is 37.2 Å². The molecule has 0 fully saturated rings. The monoisotopic (exact) mass is 254 g/mol. The van der Waals surface area contributed by atoms with E-state index in [0.717, 1.165) is 12.6 Å². The molecule has 0 saturated carbocycles. The average Bonchev–Trinajstić information content (AvgIpc) is 2.11. The Kier molecular flexibility index (Phi) is 8.68. The van der Waals surface area contributed by atoms with E-state index < -0.39 is 10.1 Å². The zero-order valence-electron chi connectivity index (χ0n) is 9.78. The molecule has 5 heteroatoms. The second-order valence-electron chi connectivity index (χ2n) is 3.83. The Morgan fingerprint density at radius 2 is 1.53 bits per heavy atom. The topological polar surface area (TPSA) is 54.4 Å². The van der Waals surface area contributed by atoms with Crippen molar-refractivity contribution in [1.29, 1.82) is 0 Å². The van der Waals surface area contributed by atoms with E-state index in [4.69, 9.17) is 4.55 Å². The number of rotatable bonds is 9. The van der Waals surface area contributed by atoms with Crippen LogP contribution in [0.4, 0.5) is 0 Å². The molecule has 0 aliphatic carbocycles. The average molecular weight is 254 g/mol. The van der Waals surface area contributed by atoms with Crippen molar-refractivity contribution in [1.82, 2.24) is 0 Å². The standard InChI is InChI=1S/C10H23O3PS/c1-3-7-14(8-4-2)9-5-6-10-15(11,12)13/h3-10H2,1-2H3,(H,11,12,13). The number of hydrogen-bond acceptors (Lipinski definition) is 2. The van der Waals surface area contributed by atoms with E-state index in [2.05, 4.69) is 13.8 Å². The van der Waals surface area contributed by atoms with Gasteiger partial charge in [-0.1, -0.05) is 26.7 Å². The summed E-state index contributed by atoms with van der Waals surface area (Å²) in [5, 5.41) is 0. The summed E-state index contributed by atoms with van der Waals surface area (Å²) in [4.78, 5) is 0. The van der Waals surface area contributed by atoms with E-state index in [0.29, 0.717) is 6.42 Å². The molecule has 0 saturated heterocycles. The molecule has 0 heterocycles. The molecular weight excluding hydrogens is 231 g/mol. The minimum atomic E-state index is -3.74. The lowest BCUT2D eigenvalue weighted by atomic mass is 10.4. The number of unbranched alkanes of at least 4 members (excludes halogenated alkanes) is 1. The molecule has 0 amide bonds. The third-order valence-electron chi connectivity index (χ3n) is 2.21. The van der Waals surface area contributed by atoms with Crippen LogP contribution >= 0.6 is 7.92 Å². The summed E-state index contributed by atoms with van der Waals surface area (Å²) in [6, 6.07) is 0. The summed E-state index contributed by atoms with van der Waals surface area (Å²) >= 11 is 0. The molecule has 0 aliphatic rings. The van der Waals surface area contributed by atoms with Gasteiger partial charge in [0.2, 0.25) is 0 Å². The van der Waals surface area contributed by atoms with Crippen LogP contribution in [0.25, 0.3) is 0 Å². The smallest absolute Gasteiger partial charge is 0.264 e. The van der Waals surface area contributed by atoms with Gasteiger partial charge in [-0.15, -0.1) is 7.92 Å². The first kappa shape index (κ1) is 15.3. The fourth-order valence-electron chi connectivity index (χ4n) is 1.59.